The van der Waals surface area contributed by atoms with Crippen molar-refractivity contribution in [3.8, 4) is 0 Å². The van der Waals surface area contributed by atoms with E-state index in [1.807, 2.05) is 6.92 Å². The standard InChI is InChI=1S/C11H21NO2/c1-3-4-5-6-7-8-11(2)9-10-12(13)14/h9H,3-8,10H2,1-2H3. The van der Waals surface area contributed by atoms with Crippen molar-refractivity contribution in [2.24, 2.45) is 0 Å². The molecular formula is C11H21NO2. The molecule has 14 heavy (non-hydrogen) atoms. The summed E-state index contributed by atoms with van der Waals surface area (Å²) in [4.78, 5) is 9.79. The first-order chi connectivity index (χ1) is 6.66. The Labute approximate surface area is 86.4 Å². The molecule has 0 unspecified atom stereocenters. The molecule has 0 aromatic rings. The van der Waals surface area contributed by atoms with Crippen LogP contribution in [0.5, 0.6) is 0 Å². The third-order valence-electron chi connectivity index (χ3n) is 2.26. The van der Waals surface area contributed by atoms with Gasteiger partial charge in [0.1, 0.15) is 0 Å². The number of unbranched alkanes of at least 4 members (excludes halogenated alkanes) is 4. The van der Waals surface area contributed by atoms with Crippen LogP contribution in [0.25, 0.3) is 0 Å². The van der Waals surface area contributed by atoms with E-state index in [1.165, 1.54) is 32.1 Å². The van der Waals surface area contributed by atoms with Crippen LogP contribution >= 0.6 is 0 Å². The molecule has 3 nitrogen and oxygen atoms in total. The molecule has 0 heterocycles. The fraction of sp³-hybridized carbons (Fsp3) is 0.818. The molecule has 3 heteroatoms. The van der Waals surface area contributed by atoms with Crippen LogP contribution in [0.2, 0.25) is 0 Å². The molecule has 0 N–H and O–H groups in total. The molecule has 0 aliphatic rings. The van der Waals surface area contributed by atoms with Gasteiger partial charge in [-0.15, -0.1) is 0 Å². The van der Waals surface area contributed by atoms with Gasteiger partial charge in [-0.05, 0) is 25.8 Å². The van der Waals surface area contributed by atoms with Crippen molar-refractivity contribution in [3.63, 3.8) is 0 Å². The summed E-state index contributed by atoms with van der Waals surface area (Å²) in [5, 5.41) is 10.1. The lowest BCUT2D eigenvalue weighted by Gasteiger charge is -2.00. The second-order valence-electron chi connectivity index (χ2n) is 3.73. The zero-order valence-electron chi connectivity index (χ0n) is 9.29. The smallest absolute Gasteiger partial charge is 0.222 e. The molecule has 0 saturated heterocycles. The van der Waals surface area contributed by atoms with Gasteiger partial charge in [0, 0.05) is 4.92 Å². The highest BCUT2D eigenvalue weighted by atomic mass is 16.6. The lowest BCUT2D eigenvalue weighted by Crippen LogP contribution is -1.97. The maximum Gasteiger partial charge on any atom is 0.222 e. The maximum absolute atomic E-state index is 10.1. The Morgan fingerprint density at radius 3 is 2.50 bits per heavy atom. The summed E-state index contributed by atoms with van der Waals surface area (Å²) in [5.41, 5.74) is 1.15. The Bertz CT molecular complexity index is 188. The van der Waals surface area contributed by atoms with Gasteiger partial charge in [-0.3, -0.25) is 10.1 Å². The summed E-state index contributed by atoms with van der Waals surface area (Å²) in [6.07, 6.45) is 9.00. The van der Waals surface area contributed by atoms with Gasteiger partial charge in [-0.2, -0.15) is 0 Å². The highest BCUT2D eigenvalue weighted by Gasteiger charge is 1.95. The molecule has 0 spiro atoms. The van der Waals surface area contributed by atoms with E-state index in [0.717, 1.165) is 12.0 Å². The Hall–Kier alpha value is -0.860. The molecule has 0 atom stereocenters. The van der Waals surface area contributed by atoms with Gasteiger partial charge < -0.3 is 0 Å². The SMILES string of the molecule is CCCCCCCC(C)=CC[N+](=O)[O-]. The summed E-state index contributed by atoms with van der Waals surface area (Å²) >= 11 is 0. The predicted octanol–water partition coefficient (Wildman–Crippen LogP) is 3.57. The van der Waals surface area contributed by atoms with Crippen LogP contribution in [0.3, 0.4) is 0 Å². The van der Waals surface area contributed by atoms with Gasteiger partial charge in [-0.25, -0.2) is 0 Å². The normalized spacial score (nSPS) is 11.7. The molecule has 0 fully saturated rings. The third-order valence-corrected chi connectivity index (χ3v) is 2.26. The number of rotatable bonds is 8. The summed E-state index contributed by atoms with van der Waals surface area (Å²) in [7, 11) is 0. The van der Waals surface area contributed by atoms with Gasteiger partial charge in [-0.1, -0.05) is 38.2 Å². The van der Waals surface area contributed by atoms with E-state index in [1.54, 1.807) is 6.08 Å². The van der Waals surface area contributed by atoms with Gasteiger partial charge in [0.2, 0.25) is 6.54 Å². The van der Waals surface area contributed by atoms with Crippen LogP contribution in [0, 0.1) is 10.1 Å². The van der Waals surface area contributed by atoms with Gasteiger partial charge in [0.25, 0.3) is 0 Å². The predicted molar refractivity (Wildman–Crippen MR) is 59.0 cm³/mol. The zero-order chi connectivity index (χ0) is 10.8. The summed E-state index contributed by atoms with van der Waals surface area (Å²) in [6, 6.07) is 0. The third kappa shape index (κ3) is 9.23. The second kappa shape index (κ2) is 8.73. The van der Waals surface area contributed by atoms with Crippen LogP contribution in [0.15, 0.2) is 11.6 Å². The molecule has 0 saturated carbocycles. The second-order valence-corrected chi connectivity index (χ2v) is 3.73. The van der Waals surface area contributed by atoms with E-state index in [2.05, 4.69) is 6.92 Å². The van der Waals surface area contributed by atoms with Crippen LogP contribution < -0.4 is 0 Å². The van der Waals surface area contributed by atoms with E-state index >= 15 is 0 Å². The Balaban J connectivity index is 3.38. The van der Waals surface area contributed by atoms with E-state index in [4.69, 9.17) is 0 Å². The van der Waals surface area contributed by atoms with E-state index < -0.39 is 0 Å². The quantitative estimate of drug-likeness (QED) is 0.259. The number of nitro groups is 1. The van der Waals surface area contributed by atoms with Crippen molar-refractivity contribution in [1.82, 2.24) is 0 Å². The molecule has 82 valence electrons. The van der Waals surface area contributed by atoms with Crippen molar-refractivity contribution in [2.75, 3.05) is 6.54 Å². The fourth-order valence-electron chi connectivity index (χ4n) is 1.34. The number of allylic oxidation sites excluding steroid dienone is 1. The molecule has 0 radical (unpaired) electrons. The maximum atomic E-state index is 10.1. The minimum atomic E-state index is -0.291. The van der Waals surface area contributed by atoms with Gasteiger partial charge in [0.15, 0.2) is 0 Å². The van der Waals surface area contributed by atoms with Crippen molar-refractivity contribution >= 4 is 0 Å². The van der Waals surface area contributed by atoms with E-state index in [-0.39, 0.29) is 11.5 Å². The Kier molecular flexibility index (Phi) is 8.19. The average Bonchev–Trinajstić information content (AvgIpc) is 2.14. The molecule has 0 rings (SSSR count). The summed E-state index contributed by atoms with van der Waals surface area (Å²) in [5.74, 6) is 0. The largest absolute Gasteiger partial charge is 0.264 e. The van der Waals surface area contributed by atoms with Crippen LogP contribution in [0.4, 0.5) is 0 Å². The van der Waals surface area contributed by atoms with Gasteiger partial charge in [0.05, 0.1) is 0 Å². The summed E-state index contributed by atoms with van der Waals surface area (Å²) in [6.45, 7) is 4.15. The topological polar surface area (TPSA) is 43.1 Å². The minimum absolute atomic E-state index is 0.0270. The average molecular weight is 199 g/mol. The van der Waals surface area contributed by atoms with E-state index in [0.29, 0.717) is 0 Å². The fourth-order valence-corrected chi connectivity index (χ4v) is 1.34. The van der Waals surface area contributed by atoms with E-state index in [9.17, 15) is 10.1 Å². The number of nitrogens with zero attached hydrogens (tertiary/aromatic N) is 1. The first-order valence-corrected chi connectivity index (χ1v) is 5.44. The molecule has 0 bridgehead atoms. The lowest BCUT2D eigenvalue weighted by atomic mass is 10.1. The van der Waals surface area contributed by atoms with Crippen LogP contribution in [-0.4, -0.2) is 11.5 Å². The highest BCUT2D eigenvalue weighted by molar-refractivity contribution is 4.97. The van der Waals surface area contributed by atoms with Crippen molar-refractivity contribution in [2.45, 2.75) is 52.4 Å². The van der Waals surface area contributed by atoms with Crippen molar-refractivity contribution < 1.29 is 4.92 Å². The molecule has 0 aliphatic heterocycles. The first kappa shape index (κ1) is 13.1. The van der Waals surface area contributed by atoms with Crippen molar-refractivity contribution in [3.05, 3.63) is 21.8 Å². The number of hydrogen-bond donors (Lipinski definition) is 0. The lowest BCUT2D eigenvalue weighted by molar-refractivity contribution is -0.468. The Morgan fingerprint density at radius 1 is 1.29 bits per heavy atom. The summed E-state index contributed by atoms with van der Waals surface area (Å²) < 4.78 is 0. The number of hydrogen-bond acceptors (Lipinski definition) is 2. The molecule has 0 amide bonds. The molecule has 0 aromatic heterocycles. The Morgan fingerprint density at radius 2 is 1.93 bits per heavy atom. The van der Waals surface area contributed by atoms with Crippen molar-refractivity contribution in [1.29, 1.82) is 0 Å². The molecule has 0 aromatic carbocycles. The molecule has 0 aliphatic carbocycles. The van der Waals surface area contributed by atoms with Gasteiger partial charge >= 0.3 is 0 Å². The zero-order valence-corrected chi connectivity index (χ0v) is 9.29. The molecular weight excluding hydrogens is 178 g/mol. The minimum Gasteiger partial charge on any atom is -0.264 e. The highest BCUT2D eigenvalue weighted by Crippen LogP contribution is 2.10. The monoisotopic (exact) mass is 199 g/mol. The van der Waals surface area contributed by atoms with Crippen LogP contribution in [-0.2, 0) is 0 Å². The van der Waals surface area contributed by atoms with Crippen LogP contribution in [0.1, 0.15) is 52.4 Å². The first-order valence-electron chi connectivity index (χ1n) is 5.44.